The predicted molar refractivity (Wildman–Crippen MR) is 115 cm³/mol. The average molecular weight is 451 g/mol. The summed E-state index contributed by atoms with van der Waals surface area (Å²) < 4.78 is 36.3. The molecule has 0 radical (unpaired) electrons. The van der Waals surface area contributed by atoms with Crippen LogP contribution in [-0.4, -0.2) is 56.9 Å². The van der Waals surface area contributed by atoms with Crippen LogP contribution in [0.1, 0.15) is 21.1 Å². The molecule has 1 amide bonds. The molecule has 3 rings (SSSR count). The van der Waals surface area contributed by atoms with E-state index < -0.39 is 10.0 Å². The van der Waals surface area contributed by atoms with Gasteiger partial charge in [-0.05, 0) is 30.7 Å². The van der Waals surface area contributed by atoms with Crippen LogP contribution in [0.3, 0.4) is 0 Å². The first-order valence-electron chi connectivity index (χ1n) is 8.86. The zero-order chi connectivity index (χ0) is 22.1. The van der Waals surface area contributed by atoms with Crippen LogP contribution in [-0.2, 0) is 21.4 Å². The van der Waals surface area contributed by atoms with Gasteiger partial charge in [-0.25, -0.2) is 17.7 Å². The summed E-state index contributed by atoms with van der Waals surface area (Å²) in [5.74, 6) is 0.459. The molecule has 0 saturated heterocycles. The van der Waals surface area contributed by atoms with E-state index in [1.165, 1.54) is 44.7 Å². The maximum Gasteiger partial charge on any atom is 0.266 e. The third-order valence-corrected chi connectivity index (χ3v) is 7.34. The van der Waals surface area contributed by atoms with Crippen molar-refractivity contribution in [2.45, 2.75) is 18.4 Å². The number of benzene rings is 1. The van der Waals surface area contributed by atoms with Gasteiger partial charge >= 0.3 is 0 Å². The summed E-state index contributed by atoms with van der Waals surface area (Å²) in [6, 6.07) is 6.11. The summed E-state index contributed by atoms with van der Waals surface area (Å²) >= 11 is 1.21. The highest BCUT2D eigenvalue weighted by Crippen LogP contribution is 2.35. The van der Waals surface area contributed by atoms with Crippen molar-refractivity contribution in [3.05, 3.63) is 40.5 Å². The number of amides is 1. The Labute approximate surface area is 178 Å². The lowest BCUT2D eigenvalue weighted by Gasteiger charge is -2.12. The van der Waals surface area contributed by atoms with Gasteiger partial charge in [0.1, 0.15) is 11.4 Å². The van der Waals surface area contributed by atoms with Crippen molar-refractivity contribution in [1.82, 2.24) is 14.3 Å². The maximum atomic E-state index is 12.9. The molecule has 1 N–H and O–H groups in total. The van der Waals surface area contributed by atoms with E-state index in [9.17, 15) is 13.2 Å². The van der Waals surface area contributed by atoms with Crippen LogP contribution in [0.2, 0.25) is 0 Å². The maximum absolute atomic E-state index is 12.9. The first kappa shape index (κ1) is 22.1. The molecule has 2 heterocycles. The number of methoxy groups -OCH3 is 2. The molecule has 0 bridgehead atoms. The zero-order valence-electron chi connectivity index (χ0n) is 17.2. The first-order valence-corrected chi connectivity index (χ1v) is 11.1. The number of sulfonamides is 1. The highest BCUT2D eigenvalue weighted by atomic mass is 32.2. The lowest BCUT2D eigenvalue weighted by molar-refractivity contribution is 0.103. The molecule has 0 aliphatic heterocycles. The summed E-state index contributed by atoms with van der Waals surface area (Å²) in [6.45, 7) is 2.01. The average Bonchev–Trinajstić information content (AvgIpc) is 3.04. The monoisotopic (exact) mass is 450 g/mol. The van der Waals surface area contributed by atoms with Crippen LogP contribution in [0.5, 0.6) is 5.88 Å². The number of nitrogens with one attached hydrogen (secondary N) is 1. The number of fused-ring (bicyclic) bond motifs is 1. The van der Waals surface area contributed by atoms with E-state index in [0.29, 0.717) is 38.0 Å². The van der Waals surface area contributed by atoms with E-state index in [-0.39, 0.29) is 17.4 Å². The molecule has 1 aromatic carbocycles. The number of nitrogens with zero attached hydrogens (tertiary/aromatic N) is 3. The van der Waals surface area contributed by atoms with E-state index in [2.05, 4.69) is 15.3 Å². The van der Waals surface area contributed by atoms with Crippen molar-refractivity contribution in [1.29, 1.82) is 0 Å². The largest absolute Gasteiger partial charge is 0.480 e. The molecule has 0 unspecified atom stereocenters. The molecule has 11 heteroatoms. The van der Waals surface area contributed by atoms with Gasteiger partial charge in [-0.3, -0.25) is 4.79 Å². The van der Waals surface area contributed by atoms with E-state index in [1.54, 1.807) is 26.2 Å². The Balaban J connectivity index is 1.97. The Morgan fingerprint density at radius 3 is 2.60 bits per heavy atom. The second kappa shape index (κ2) is 8.64. The van der Waals surface area contributed by atoms with Gasteiger partial charge in [0.15, 0.2) is 5.82 Å². The van der Waals surface area contributed by atoms with Gasteiger partial charge < -0.3 is 14.8 Å². The quantitative estimate of drug-likeness (QED) is 0.589. The van der Waals surface area contributed by atoms with E-state index in [4.69, 9.17) is 9.47 Å². The number of thiophene rings is 1. The number of hydrogen-bond donors (Lipinski definition) is 1. The van der Waals surface area contributed by atoms with Crippen LogP contribution in [0, 0.1) is 6.92 Å². The fourth-order valence-electron chi connectivity index (χ4n) is 2.84. The van der Waals surface area contributed by atoms with Crippen LogP contribution in [0.25, 0.3) is 10.2 Å². The number of anilines is 1. The minimum absolute atomic E-state index is 0.0927. The first-order chi connectivity index (χ1) is 14.2. The Bertz CT molecular complexity index is 1210. The lowest BCUT2D eigenvalue weighted by atomic mass is 10.2. The highest BCUT2D eigenvalue weighted by molar-refractivity contribution is 7.89. The smallest absolute Gasteiger partial charge is 0.266 e. The van der Waals surface area contributed by atoms with Crippen molar-refractivity contribution in [3.8, 4) is 5.88 Å². The van der Waals surface area contributed by atoms with Crippen molar-refractivity contribution >= 4 is 43.2 Å². The molecule has 9 nitrogen and oxygen atoms in total. The lowest BCUT2D eigenvalue weighted by Crippen LogP contribution is -2.22. The summed E-state index contributed by atoms with van der Waals surface area (Å²) in [5, 5.41) is 3.43. The van der Waals surface area contributed by atoms with Gasteiger partial charge in [0.2, 0.25) is 15.9 Å². The van der Waals surface area contributed by atoms with Crippen molar-refractivity contribution in [2.24, 2.45) is 0 Å². The van der Waals surface area contributed by atoms with Crippen LogP contribution in [0.15, 0.2) is 29.2 Å². The summed E-state index contributed by atoms with van der Waals surface area (Å²) in [5.41, 5.74) is 1.06. The minimum atomic E-state index is -3.61. The number of carbonyl (C=O) groups is 1. The summed E-state index contributed by atoms with van der Waals surface area (Å²) in [7, 11) is 2.34. The zero-order valence-corrected chi connectivity index (χ0v) is 18.8. The molecule has 3 aromatic rings. The van der Waals surface area contributed by atoms with Gasteiger partial charge in [0.05, 0.1) is 22.3 Å². The molecule has 30 heavy (non-hydrogen) atoms. The Morgan fingerprint density at radius 1 is 1.23 bits per heavy atom. The van der Waals surface area contributed by atoms with Crippen LogP contribution < -0.4 is 10.1 Å². The third-order valence-electron chi connectivity index (χ3n) is 4.35. The Morgan fingerprint density at radius 2 is 1.97 bits per heavy atom. The number of aromatic nitrogens is 2. The summed E-state index contributed by atoms with van der Waals surface area (Å²) in [6.07, 6.45) is 0. The van der Waals surface area contributed by atoms with Crippen molar-refractivity contribution in [2.75, 3.05) is 33.6 Å². The molecular weight excluding hydrogens is 428 g/mol. The molecule has 160 valence electrons. The van der Waals surface area contributed by atoms with Crippen molar-refractivity contribution < 1.29 is 22.7 Å². The van der Waals surface area contributed by atoms with Gasteiger partial charge in [-0.2, -0.15) is 4.98 Å². The highest BCUT2D eigenvalue weighted by Gasteiger charge is 2.22. The van der Waals surface area contributed by atoms with Gasteiger partial charge in [0.25, 0.3) is 5.91 Å². The van der Waals surface area contributed by atoms with Crippen LogP contribution >= 0.6 is 11.3 Å². The molecular formula is C19H22N4O5S2. The third kappa shape index (κ3) is 4.15. The SMILES string of the molecule is COCc1nc(OC)c2c(C)c(C(=O)Nc3cccc(S(=O)(=O)N(C)C)c3)sc2n1. The number of aryl methyl sites for hydroxylation is 1. The predicted octanol–water partition coefficient (Wildman–Crippen LogP) is 2.66. The second-order valence-electron chi connectivity index (χ2n) is 6.59. The molecule has 0 atom stereocenters. The number of rotatable bonds is 7. The molecule has 0 aliphatic rings. The molecule has 0 saturated carbocycles. The van der Waals surface area contributed by atoms with Gasteiger partial charge in [0, 0.05) is 26.9 Å². The van der Waals surface area contributed by atoms with E-state index >= 15 is 0 Å². The van der Waals surface area contributed by atoms with E-state index in [1.807, 2.05) is 0 Å². The second-order valence-corrected chi connectivity index (χ2v) is 9.74. The fraction of sp³-hybridized carbons (Fsp3) is 0.316. The number of carbonyl (C=O) groups excluding carboxylic acids is 1. The molecule has 0 aliphatic carbocycles. The van der Waals surface area contributed by atoms with Crippen molar-refractivity contribution in [3.63, 3.8) is 0 Å². The topological polar surface area (TPSA) is 111 Å². The number of hydrogen-bond acceptors (Lipinski definition) is 8. The van der Waals surface area contributed by atoms with E-state index in [0.717, 1.165) is 4.31 Å². The molecule has 0 spiro atoms. The normalized spacial score (nSPS) is 11.8. The standard InChI is InChI=1S/C19H22N4O5S2/c1-11-15-18(28-5)21-14(10-27-4)22-19(15)29-16(11)17(24)20-12-7-6-8-13(9-12)30(25,26)23(2)3/h6-9H,10H2,1-5H3,(H,20,24). The van der Waals surface area contributed by atoms with Gasteiger partial charge in [-0.15, -0.1) is 11.3 Å². The number of ether oxygens (including phenoxy) is 2. The molecule has 0 fully saturated rings. The van der Waals surface area contributed by atoms with Gasteiger partial charge in [-0.1, -0.05) is 6.07 Å². The summed E-state index contributed by atoms with van der Waals surface area (Å²) in [4.78, 5) is 22.9. The molecule has 2 aromatic heterocycles. The Kier molecular flexibility index (Phi) is 6.36. The Hall–Kier alpha value is -2.60. The minimum Gasteiger partial charge on any atom is -0.480 e. The van der Waals surface area contributed by atoms with Crippen LogP contribution in [0.4, 0.5) is 5.69 Å². The fourth-order valence-corrected chi connectivity index (χ4v) is 4.87.